The lowest BCUT2D eigenvalue weighted by Crippen LogP contribution is -2.15. The van der Waals surface area contributed by atoms with Gasteiger partial charge in [-0.15, -0.1) is 11.3 Å². The van der Waals surface area contributed by atoms with Gasteiger partial charge < -0.3 is 15.7 Å². The first-order valence-electron chi connectivity index (χ1n) is 8.73. The highest BCUT2D eigenvalue weighted by Gasteiger charge is 2.11. The van der Waals surface area contributed by atoms with Crippen molar-refractivity contribution in [2.24, 2.45) is 0 Å². The number of para-hydroxylation sites is 2. The molecule has 28 heavy (non-hydrogen) atoms. The molecule has 0 fully saturated rings. The number of thiazole rings is 1. The molecule has 0 spiro atoms. The molecule has 0 aliphatic carbocycles. The number of hydrogen-bond acceptors (Lipinski definition) is 5. The Balaban J connectivity index is 1.71. The molecule has 0 radical (unpaired) electrons. The Morgan fingerprint density at radius 3 is 2.36 bits per heavy atom. The second-order valence-corrected chi connectivity index (χ2v) is 7.03. The van der Waals surface area contributed by atoms with Crippen LogP contribution in [0, 0.1) is 0 Å². The highest BCUT2D eigenvalue weighted by molar-refractivity contribution is 7.15. The summed E-state index contributed by atoms with van der Waals surface area (Å²) in [6, 6.07) is 13.8. The van der Waals surface area contributed by atoms with Crippen molar-refractivity contribution < 1.29 is 14.7 Å². The van der Waals surface area contributed by atoms with Crippen LogP contribution in [0.1, 0.15) is 22.2 Å². The van der Waals surface area contributed by atoms with Crippen molar-refractivity contribution in [3.63, 3.8) is 0 Å². The van der Waals surface area contributed by atoms with Gasteiger partial charge >= 0.3 is 6.09 Å². The van der Waals surface area contributed by atoms with Crippen LogP contribution >= 0.6 is 11.3 Å². The molecule has 0 bridgehead atoms. The van der Waals surface area contributed by atoms with Crippen LogP contribution in [0.4, 0.5) is 16.2 Å². The summed E-state index contributed by atoms with van der Waals surface area (Å²) >= 11 is 1.61. The lowest BCUT2D eigenvalue weighted by molar-refractivity contribution is 0.102. The van der Waals surface area contributed by atoms with Gasteiger partial charge in [-0.25, -0.2) is 9.78 Å². The largest absolute Gasteiger partial charge is 0.465 e. The van der Waals surface area contributed by atoms with Gasteiger partial charge in [-0.1, -0.05) is 31.2 Å². The number of carboxylic acid groups (broad SMARTS) is 1. The molecule has 0 saturated carbocycles. The number of rotatable bonds is 7. The SMILES string of the molecule is CCNCc1cnc(-c2ccc(C(=O)Nc3ccccc3NC(=O)O)cc2)s1. The van der Waals surface area contributed by atoms with E-state index in [1.54, 1.807) is 47.7 Å². The predicted octanol–water partition coefficient (Wildman–Crippen LogP) is 4.26. The van der Waals surface area contributed by atoms with Crippen LogP contribution in [0.2, 0.25) is 0 Å². The van der Waals surface area contributed by atoms with Crippen molar-refractivity contribution in [3.05, 3.63) is 65.2 Å². The second kappa shape index (κ2) is 9.12. The molecule has 3 aromatic rings. The summed E-state index contributed by atoms with van der Waals surface area (Å²) in [5.41, 5.74) is 2.12. The number of benzene rings is 2. The number of hydrogen-bond donors (Lipinski definition) is 4. The number of amides is 2. The summed E-state index contributed by atoms with van der Waals surface area (Å²) < 4.78 is 0. The first kappa shape index (κ1) is 19.5. The van der Waals surface area contributed by atoms with Crippen molar-refractivity contribution in [1.82, 2.24) is 10.3 Å². The molecule has 1 heterocycles. The zero-order valence-corrected chi connectivity index (χ0v) is 16.0. The third-order valence-electron chi connectivity index (χ3n) is 3.91. The second-order valence-electron chi connectivity index (χ2n) is 5.92. The van der Waals surface area contributed by atoms with E-state index in [9.17, 15) is 9.59 Å². The van der Waals surface area contributed by atoms with Crippen LogP contribution < -0.4 is 16.0 Å². The fourth-order valence-electron chi connectivity index (χ4n) is 2.55. The summed E-state index contributed by atoms with van der Waals surface area (Å²) in [6.07, 6.45) is 0.665. The van der Waals surface area contributed by atoms with E-state index in [0.717, 1.165) is 28.5 Å². The number of carbonyl (C=O) groups is 2. The summed E-state index contributed by atoms with van der Waals surface area (Å²) in [4.78, 5) is 29.0. The smallest absolute Gasteiger partial charge is 0.409 e. The van der Waals surface area contributed by atoms with Gasteiger partial charge in [0, 0.05) is 28.7 Å². The molecule has 0 unspecified atom stereocenters. The average Bonchev–Trinajstić information content (AvgIpc) is 3.16. The van der Waals surface area contributed by atoms with Crippen molar-refractivity contribution in [2.75, 3.05) is 17.2 Å². The number of nitrogens with one attached hydrogen (secondary N) is 3. The minimum atomic E-state index is -1.19. The van der Waals surface area contributed by atoms with Gasteiger partial charge in [-0.3, -0.25) is 10.1 Å². The van der Waals surface area contributed by atoms with Crippen LogP contribution in [0.5, 0.6) is 0 Å². The minimum Gasteiger partial charge on any atom is -0.465 e. The number of aromatic nitrogens is 1. The van der Waals surface area contributed by atoms with Gasteiger partial charge in [0.15, 0.2) is 0 Å². The van der Waals surface area contributed by atoms with Crippen LogP contribution in [0.25, 0.3) is 10.6 Å². The maximum atomic E-state index is 12.5. The molecule has 144 valence electrons. The Hall–Kier alpha value is -3.23. The van der Waals surface area contributed by atoms with Gasteiger partial charge in [-0.2, -0.15) is 0 Å². The molecule has 3 rings (SSSR count). The molecule has 7 nitrogen and oxygen atoms in total. The maximum absolute atomic E-state index is 12.5. The lowest BCUT2D eigenvalue weighted by Gasteiger charge is -2.10. The van der Waals surface area contributed by atoms with Crippen LogP contribution in [0.15, 0.2) is 54.7 Å². The van der Waals surface area contributed by atoms with E-state index in [4.69, 9.17) is 5.11 Å². The molecular weight excluding hydrogens is 376 g/mol. The highest BCUT2D eigenvalue weighted by atomic mass is 32.1. The standard InChI is InChI=1S/C20H20N4O3S/c1-2-21-11-15-12-22-19(28-15)14-9-7-13(8-10-14)18(25)23-16-5-3-4-6-17(16)24-20(26)27/h3-10,12,21,24H,2,11H2,1H3,(H,23,25)(H,26,27). The van der Waals surface area contributed by atoms with Crippen molar-refractivity contribution in [2.45, 2.75) is 13.5 Å². The van der Waals surface area contributed by atoms with Crippen LogP contribution in [0.3, 0.4) is 0 Å². The molecule has 4 N–H and O–H groups in total. The van der Waals surface area contributed by atoms with E-state index < -0.39 is 6.09 Å². The van der Waals surface area contributed by atoms with E-state index in [-0.39, 0.29) is 5.91 Å². The summed E-state index contributed by atoms with van der Waals surface area (Å²) in [7, 11) is 0. The van der Waals surface area contributed by atoms with E-state index in [2.05, 4.69) is 27.9 Å². The molecule has 8 heteroatoms. The average molecular weight is 396 g/mol. The van der Waals surface area contributed by atoms with Gasteiger partial charge in [-0.05, 0) is 30.8 Å². The number of nitrogens with zero attached hydrogens (tertiary/aromatic N) is 1. The molecule has 0 saturated heterocycles. The Morgan fingerprint density at radius 2 is 1.71 bits per heavy atom. The predicted molar refractivity (Wildman–Crippen MR) is 111 cm³/mol. The van der Waals surface area contributed by atoms with Crippen molar-refractivity contribution in [1.29, 1.82) is 0 Å². The van der Waals surface area contributed by atoms with E-state index in [0.29, 0.717) is 16.9 Å². The van der Waals surface area contributed by atoms with Gasteiger partial charge in [0.2, 0.25) is 0 Å². The zero-order valence-electron chi connectivity index (χ0n) is 15.2. The zero-order chi connectivity index (χ0) is 19.9. The quantitative estimate of drug-likeness (QED) is 0.478. The molecule has 2 amide bonds. The fraction of sp³-hybridized carbons (Fsp3) is 0.150. The van der Waals surface area contributed by atoms with Gasteiger partial charge in [0.25, 0.3) is 5.91 Å². The van der Waals surface area contributed by atoms with Crippen LogP contribution in [-0.4, -0.2) is 28.6 Å². The van der Waals surface area contributed by atoms with Crippen LogP contribution in [-0.2, 0) is 6.54 Å². The first-order chi connectivity index (χ1) is 13.6. The summed E-state index contributed by atoms with van der Waals surface area (Å²) in [5.74, 6) is -0.321. The van der Waals surface area contributed by atoms with Crippen molar-refractivity contribution >= 4 is 34.7 Å². The molecule has 0 atom stereocenters. The summed E-state index contributed by atoms with van der Waals surface area (Å²) in [5, 5.41) is 18.1. The Kier molecular flexibility index (Phi) is 6.36. The van der Waals surface area contributed by atoms with Gasteiger partial charge in [0.05, 0.1) is 11.4 Å². The third kappa shape index (κ3) is 4.93. The molecular formula is C20H20N4O3S. The third-order valence-corrected chi connectivity index (χ3v) is 4.96. The van der Waals surface area contributed by atoms with E-state index in [1.807, 2.05) is 18.3 Å². The Labute approximate surface area is 166 Å². The molecule has 1 aromatic heterocycles. The lowest BCUT2D eigenvalue weighted by atomic mass is 10.1. The normalized spacial score (nSPS) is 10.5. The summed E-state index contributed by atoms with van der Waals surface area (Å²) in [6.45, 7) is 3.75. The Bertz CT molecular complexity index is 970. The molecule has 0 aliphatic heterocycles. The Morgan fingerprint density at radius 1 is 1.04 bits per heavy atom. The number of anilines is 2. The number of carbonyl (C=O) groups excluding carboxylic acids is 1. The highest BCUT2D eigenvalue weighted by Crippen LogP contribution is 2.26. The first-order valence-corrected chi connectivity index (χ1v) is 9.54. The molecule has 0 aliphatic rings. The molecule has 2 aromatic carbocycles. The fourth-order valence-corrected chi connectivity index (χ4v) is 3.43. The topological polar surface area (TPSA) is 103 Å². The monoisotopic (exact) mass is 396 g/mol. The maximum Gasteiger partial charge on any atom is 0.409 e. The van der Waals surface area contributed by atoms with Crippen molar-refractivity contribution in [3.8, 4) is 10.6 Å². The van der Waals surface area contributed by atoms with E-state index in [1.165, 1.54) is 0 Å². The van der Waals surface area contributed by atoms with E-state index >= 15 is 0 Å². The minimum absolute atomic E-state index is 0.316. The van der Waals surface area contributed by atoms with Gasteiger partial charge in [0.1, 0.15) is 5.01 Å².